The molecule has 0 radical (unpaired) electrons. The van der Waals surface area contributed by atoms with Crippen molar-refractivity contribution in [1.82, 2.24) is 19.9 Å². The topological polar surface area (TPSA) is 138 Å². The molecule has 0 amide bonds. The van der Waals surface area contributed by atoms with Crippen LogP contribution in [0.4, 0.5) is 0 Å². The van der Waals surface area contributed by atoms with Gasteiger partial charge in [0, 0.05) is 34.0 Å². The fraction of sp³-hybridized carbons (Fsp3) is 0.353. The molecule has 0 atom stereocenters. The number of carbonyl (C=O) groups is 2. The molecule has 0 saturated carbocycles. The largest absolute Gasteiger partial charge is 2.00 e. The molecule has 2 N–H and O–H groups in total. The first kappa shape index (κ1) is 32.4. The van der Waals surface area contributed by atoms with E-state index in [0.717, 1.165) is 91.0 Å². The molecule has 2 aliphatic rings. The minimum atomic E-state index is -1.12. The van der Waals surface area contributed by atoms with E-state index < -0.39 is 11.9 Å². The molecule has 8 bridgehead atoms. The molecule has 9 heteroatoms. The van der Waals surface area contributed by atoms with Crippen LogP contribution in [0.25, 0.3) is 44.4 Å². The number of aromatic amines is 2. The van der Waals surface area contributed by atoms with Gasteiger partial charge in [-0.05, 0) is 135 Å². The number of carbonyl (C=O) groups excluding carboxylic acids is 2. The van der Waals surface area contributed by atoms with Crippen LogP contribution in [-0.4, -0.2) is 31.9 Å². The molecule has 0 aromatic carbocycles. The van der Waals surface area contributed by atoms with Crippen molar-refractivity contribution in [2.75, 3.05) is 0 Å². The summed E-state index contributed by atoms with van der Waals surface area (Å²) in [6, 6.07) is 8.09. The van der Waals surface area contributed by atoms with Crippen LogP contribution in [0.3, 0.4) is 0 Å². The Bertz CT molecular complexity index is 1860. The van der Waals surface area contributed by atoms with Gasteiger partial charge in [-0.2, -0.15) is 0 Å². The van der Waals surface area contributed by atoms with Crippen molar-refractivity contribution in [3.05, 3.63) is 69.3 Å². The number of nitrogens with one attached hydrogen (secondary N) is 2. The first-order chi connectivity index (χ1) is 20.0. The molecule has 5 rings (SSSR count). The molecule has 2 aliphatic heterocycles. The Morgan fingerprint density at radius 2 is 1.07 bits per heavy atom. The number of carboxylic acid groups (broad SMARTS) is 2. The number of aryl methyl sites for hydroxylation is 4. The summed E-state index contributed by atoms with van der Waals surface area (Å²) in [6.45, 7) is 12.4. The molecule has 3 aromatic heterocycles. The molecule has 5 heterocycles. The molecular weight excluding hydrogens is 641 g/mol. The first-order valence-corrected chi connectivity index (χ1v) is 14.6. The van der Waals surface area contributed by atoms with Crippen LogP contribution in [0.1, 0.15) is 98.4 Å². The number of fused-ring (bicyclic) bond motifs is 8. The van der Waals surface area contributed by atoms with Crippen molar-refractivity contribution >= 4 is 56.3 Å². The van der Waals surface area contributed by atoms with Crippen molar-refractivity contribution < 1.29 is 47.1 Å². The van der Waals surface area contributed by atoms with Gasteiger partial charge in [0.15, 0.2) is 0 Å². The Morgan fingerprint density at radius 1 is 0.628 bits per heavy atom. The number of carboxylic acids is 2. The van der Waals surface area contributed by atoms with E-state index in [9.17, 15) is 19.8 Å². The minimum Gasteiger partial charge on any atom is -0.550 e. The summed E-state index contributed by atoms with van der Waals surface area (Å²) in [5, 5.41) is 22.8. The molecule has 0 spiro atoms. The van der Waals surface area contributed by atoms with Crippen molar-refractivity contribution in [1.29, 1.82) is 0 Å². The van der Waals surface area contributed by atoms with Gasteiger partial charge in [-0.15, -0.1) is 0 Å². The fourth-order valence-electron chi connectivity index (χ4n) is 6.21. The molecule has 43 heavy (non-hydrogen) atoms. The van der Waals surface area contributed by atoms with Crippen LogP contribution in [0.5, 0.6) is 0 Å². The van der Waals surface area contributed by atoms with Crippen molar-refractivity contribution in [3.8, 4) is 0 Å². The molecule has 218 valence electrons. The maximum absolute atomic E-state index is 11.4. The molecule has 0 saturated heterocycles. The number of allylic oxidation sites excluding steroid dienone is 4. The summed E-state index contributed by atoms with van der Waals surface area (Å²) < 4.78 is 0. The molecule has 0 aliphatic carbocycles. The van der Waals surface area contributed by atoms with E-state index in [1.807, 2.05) is 32.0 Å². The zero-order chi connectivity index (χ0) is 30.3. The van der Waals surface area contributed by atoms with Crippen LogP contribution in [0.2, 0.25) is 0 Å². The molecule has 0 unspecified atom stereocenters. The Morgan fingerprint density at radius 3 is 1.63 bits per heavy atom. The molecule has 0 fully saturated rings. The summed E-state index contributed by atoms with van der Waals surface area (Å²) in [4.78, 5) is 40.0. The molecular formula is C34H36CdN4O4. The Kier molecular flexibility index (Phi) is 9.78. The van der Waals surface area contributed by atoms with Gasteiger partial charge in [0.25, 0.3) is 0 Å². The second-order valence-electron chi connectivity index (χ2n) is 11.1. The van der Waals surface area contributed by atoms with Crippen molar-refractivity contribution in [2.45, 2.75) is 80.1 Å². The Hall–Kier alpha value is -3.54. The van der Waals surface area contributed by atoms with E-state index in [0.29, 0.717) is 5.69 Å². The summed E-state index contributed by atoms with van der Waals surface area (Å²) in [7, 11) is 0. The normalized spacial score (nSPS) is 13.0. The number of rotatable bonds is 8. The fourth-order valence-corrected chi connectivity index (χ4v) is 6.21. The van der Waals surface area contributed by atoms with Crippen LogP contribution in [0.15, 0.2) is 24.3 Å². The van der Waals surface area contributed by atoms with Crippen molar-refractivity contribution in [3.63, 3.8) is 0 Å². The zero-order valence-corrected chi connectivity index (χ0v) is 29.8. The third kappa shape index (κ3) is 6.25. The predicted octanol–water partition coefficient (Wildman–Crippen LogP) is 4.98. The van der Waals surface area contributed by atoms with Crippen LogP contribution >= 0.6 is 0 Å². The van der Waals surface area contributed by atoms with Gasteiger partial charge in [0.2, 0.25) is 0 Å². The maximum atomic E-state index is 11.4. The van der Waals surface area contributed by atoms with Gasteiger partial charge in [0.1, 0.15) is 0 Å². The van der Waals surface area contributed by atoms with Crippen LogP contribution in [0, 0.1) is 13.8 Å². The van der Waals surface area contributed by atoms with Crippen LogP contribution in [-0.2, 0) is 49.7 Å². The Balaban J connectivity index is 0.00000423. The third-order valence-corrected chi connectivity index (χ3v) is 8.67. The number of hydrogen-bond acceptors (Lipinski definition) is 6. The van der Waals surface area contributed by atoms with E-state index in [4.69, 9.17) is 9.97 Å². The molecule has 8 nitrogen and oxygen atoms in total. The summed E-state index contributed by atoms with van der Waals surface area (Å²) >= 11 is 0. The summed E-state index contributed by atoms with van der Waals surface area (Å²) in [6.07, 6.45) is 1.98. The summed E-state index contributed by atoms with van der Waals surface area (Å²) in [5.41, 5.74) is 14.9. The average molecular weight is 677 g/mol. The third-order valence-electron chi connectivity index (χ3n) is 8.67. The smallest absolute Gasteiger partial charge is 0.550 e. The number of aromatic nitrogens is 4. The van der Waals surface area contributed by atoms with Gasteiger partial charge in [-0.1, -0.05) is 13.8 Å². The van der Waals surface area contributed by atoms with E-state index in [-0.39, 0.29) is 53.0 Å². The minimum absolute atomic E-state index is 0. The number of hydrogen-bond donors (Lipinski definition) is 2. The second kappa shape index (κ2) is 13.0. The monoisotopic (exact) mass is 678 g/mol. The van der Waals surface area contributed by atoms with E-state index in [1.54, 1.807) is 0 Å². The zero-order valence-electron chi connectivity index (χ0n) is 25.8. The van der Waals surface area contributed by atoms with E-state index in [2.05, 4.69) is 43.7 Å². The number of aliphatic carboxylic acids is 2. The second-order valence-corrected chi connectivity index (χ2v) is 11.1. The maximum Gasteiger partial charge on any atom is 2.00 e. The SMILES string of the molecule is CCC1=C(C)c2cc3[nH]c(cc4nc(cc5[nH]c(cc1n2)c(C)c5CCC(=O)[O-])C(CCC(=O)[O-])=C4C)c(C)c3CC.[Cd+2]. The quantitative estimate of drug-likeness (QED) is 0.323. The predicted molar refractivity (Wildman–Crippen MR) is 163 cm³/mol. The van der Waals surface area contributed by atoms with E-state index >= 15 is 0 Å². The van der Waals surface area contributed by atoms with E-state index in [1.165, 1.54) is 5.56 Å². The van der Waals surface area contributed by atoms with Gasteiger partial charge in [0.05, 0.1) is 22.8 Å². The van der Waals surface area contributed by atoms with Gasteiger partial charge in [-0.3, -0.25) is 0 Å². The van der Waals surface area contributed by atoms with Gasteiger partial charge < -0.3 is 29.8 Å². The van der Waals surface area contributed by atoms with Crippen LogP contribution < -0.4 is 10.2 Å². The number of nitrogens with zero attached hydrogens (tertiary/aromatic N) is 2. The number of H-pyrrole nitrogens is 2. The van der Waals surface area contributed by atoms with Crippen molar-refractivity contribution in [2.24, 2.45) is 0 Å². The first-order valence-electron chi connectivity index (χ1n) is 14.6. The molecule has 3 aromatic rings. The van der Waals surface area contributed by atoms with Gasteiger partial charge in [-0.25, -0.2) is 9.97 Å². The van der Waals surface area contributed by atoms with Gasteiger partial charge >= 0.3 is 27.3 Å². The standard InChI is InChI=1S/C34H38N4O4.Cd/c1-7-21-17(3)25-13-26-19(5)23(9-11-33(39)40)31(37-26)16-32-24(10-12-34(41)42)20(6)28(38-32)15-30-22(8-2)18(4)27(36-30)14-29(21)35-25;/h13-16,35,38H,7-12H2,1-6H3,(H,39,40)(H,41,42);/q;+2/p-2. The average Bonchev–Trinajstić information content (AvgIpc) is 3.59. The summed E-state index contributed by atoms with van der Waals surface area (Å²) in [5.74, 6) is -2.24. The Labute approximate surface area is 271 Å².